The van der Waals surface area contributed by atoms with Gasteiger partial charge >= 0.3 is 0 Å². The smallest absolute Gasteiger partial charge is 0.266 e. The van der Waals surface area contributed by atoms with Crippen LogP contribution in [-0.2, 0) is 4.79 Å². The lowest BCUT2D eigenvalue weighted by molar-refractivity contribution is -0.122. The van der Waals surface area contributed by atoms with E-state index >= 15 is 0 Å². The Balaban J connectivity index is 2.31. The van der Waals surface area contributed by atoms with Gasteiger partial charge in [0.25, 0.3) is 5.91 Å². The Kier molecular flexibility index (Phi) is 6.69. The second-order valence-corrected chi connectivity index (χ2v) is 7.27. The quantitative estimate of drug-likeness (QED) is 0.530. The van der Waals surface area contributed by atoms with Gasteiger partial charge in [-0.2, -0.15) is 0 Å². The van der Waals surface area contributed by atoms with Crippen LogP contribution in [0, 0.1) is 0 Å². The van der Waals surface area contributed by atoms with Gasteiger partial charge in [-0.1, -0.05) is 24.0 Å². The van der Waals surface area contributed by atoms with Gasteiger partial charge in [0.05, 0.1) is 26.2 Å². The number of benzene rings is 1. The molecule has 8 heteroatoms. The van der Waals surface area contributed by atoms with Gasteiger partial charge in [-0.25, -0.2) is 0 Å². The molecular formula is C17H22N2O4S2. The van der Waals surface area contributed by atoms with Crippen LogP contribution in [0.1, 0.15) is 5.56 Å². The first-order valence-electron chi connectivity index (χ1n) is 7.61. The molecule has 1 saturated heterocycles. The number of carbonyl (C=O) groups is 1. The third kappa shape index (κ3) is 4.45. The van der Waals surface area contributed by atoms with Crippen molar-refractivity contribution in [2.45, 2.75) is 0 Å². The summed E-state index contributed by atoms with van der Waals surface area (Å²) in [6, 6.07) is 3.60. The van der Waals surface area contributed by atoms with Crippen molar-refractivity contribution >= 4 is 40.3 Å². The molecule has 1 aliphatic heterocycles. The Hall–Kier alpha value is -1.77. The molecule has 0 unspecified atom stereocenters. The second kappa shape index (κ2) is 8.55. The van der Waals surface area contributed by atoms with Crippen LogP contribution in [0.5, 0.6) is 17.2 Å². The van der Waals surface area contributed by atoms with Gasteiger partial charge in [-0.05, 0) is 37.9 Å². The molecule has 6 nitrogen and oxygen atoms in total. The standard InChI is InChI=1S/C17H22N2O4S2/c1-18(2)6-7-19-16(20)14(25-17(19)24)10-11-8-12(21-3)15(23-5)13(9-11)22-4/h8-10H,6-7H2,1-5H3/b14-10-. The van der Waals surface area contributed by atoms with Gasteiger partial charge < -0.3 is 19.1 Å². The molecule has 25 heavy (non-hydrogen) atoms. The molecule has 136 valence electrons. The Bertz CT molecular complexity index is 679. The maximum absolute atomic E-state index is 12.6. The Morgan fingerprint density at radius 1 is 1.16 bits per heavy atom. The fourth-order valence-corrected chi connectivity index (χ4v) is 3.64. The third-order valence-electron chi connectivity index (χ3n) is 3.63. The molecule has 0 spiro atoms. The molecule has 0 N–H and O–H groups in total. The van der Waals surface area contributed by atoms with Crippen molar-refractivity contribution in [2.24, 2.45) is 0 Å². The summed E-state index contributed by atoms with van der Waals surface area (Å²) in [6.07, 6.45) is 1.79. The Morgan fingerprint density at radius 2 is 1.76 bits per heavy atom. The number of methoxy groups -OCH3 is 3. The number of carbonyl (C=O) groups excluding carboxylic acids is 1. The first-order valence-corrected chi connectivity index (χ1v) is 8.83. The highest BCUT2D eigenvalue weighted by Crippen LogP contribution is 2.40. The molecule has 1 fully saturated rings. The van der Waals surface area contributed by atoms with Gasteiger partial charge in [0, 0.05) is 13.1 Å². The minimum absolute atomic E-state index is 0.0781. The molecule has 2 rings (SSSR count). The second-order valence-electron chi connectivity index (χ2n) is 5.60. The summed E-state index contributed by atoms with van der Waals surface area (Å²) in [7, 11) is 8.59. The van der Waals surface area contributed by atoms with Crippen molar-refractivity contribution in [1.82, 2.24) is 9.80 Å². The monoisotopic (exact) mass is 382 g/mol. The zero-order valence-corrected chi connectivity index (χ0v) is 16.6. The fraction of sp³-hybridized carbons (Fsp3) is 0.412. The van der Waals surface area contributed by atoms with Crippen LogP contribution >= 0.6 is 24.0 Å². The number of likely N-dealkylation sites (N-methyl/N-ethyl adjacent to an activating group) is 1. The zero-order chi connectivity index (χ0) is 18.6. The van der Waals surface area contributed by atoms with E-state index in [0.717, 1.165) is 12.1 Å². The lowest BCUT2D eigenvalue weighted by Gasteiger charge is -2.17. The van der Waals surface area contributed by atoms with Crippen LogP contribution in [0.2, 0.25) is 0 Å². The number of amides is 1. The van der Waals surface area contributed by atoms with Crippen LogP contribution < -0.4 is 14.2 Å². The summed E-state index contributed by atoms with van der Waals surface area (Å²) in [6.45, 7) is 1.33. The van der Waals surface area contributed by atoms with Crippen molar-refractivity contribution in [1.29, 1.82) is 0 Å². The summed E-state index contributed by atoms with van der Waals surface area (Å²) in [5.74, 6) is 1.51. The van der Waals surface area contributed by atoms with Gasteiger partial charge in [0.15, 0.2) is 11.5 Å². The molecule has 0 radical (unpaired) electrons. The van der Waals surface area contributed by atoms with Crippen molar-refractivity contribution in [3.8, 4) is 17.2 Å². The number of thioether (sulfide) groups is 1. The molecule has 0 atom stereocenters. The topological polar surface area (TPSA) is 51.2 Å². The molecule has 1 heterocycles. The third-order valence-corrected chi connectivity index (χ3v) is 5.01. The highest BCUT2D eigenvalue weighted by molar-refractivity contribution is 8.26. The summed E-state index contributed by atoms with van der Waals surface area (Å²) in [4.78, 5) is 16.8. The summed E-state index contributed by atoms with van der Waals surface area (Å²) >= 11 is 6.64. The number of hydrogen-bond donors (Lipinski definition) is 0. The van der Waals surface area contributed by atoms with Gasteiger partial charge in [0.2, 0.25) is 5.75 Å². The normalized spacial score (nSPS) is 16.1. The molecule has 1 amide bonds. The molecule has 1 aromatic carbocycles. The first kappa shape index (κ1) is 19.6. The Labute approximate surface area is 157 Å². The summed E-state index contributed by atoms with van der Waals surface area (Å²) in [5.41, 5.74) is 0.780. The van der Waals surface area contributed by atoms with Crippen molar-refractivity contribution < 1.29 is 19.0 Å². The molecule has 0 aliphatic carbocycles. The molecular weight excluding hydrogens is 360 g/mol. The SMILES string of the molecule is COc1cc(/C=C2\SC(=S)N(CCN(C)C)C2=O)cc(OC)c1OC. The van der Waals surface area contributed by atoms with E-state index in [-0.39, 0.29) is 5.91 Å². The largest absolute Gasteiger partial charge is 0.493 e. The highest BCUT2D eigenvalue weighted by Gasteiger charge is 2.31. The van der Waals surface area contributed by atoms with E-state index in [1.807, 2.05) is 19.0 Å². The fourth-order valence-electron chi connectivity index (χ4n) is 2.33. The van der Waals surface area contributed by atoms with Crippen LogP contribution in [0.15, 0.2) is 17.0 Å². The van der Waals surface area contributed by atoms with Crippen molar-refractivity contribution in [2.75, 3.05) is 48.5 Å². The van der Waals surface area contributed by atoms with E-state index in [9.17, 15) is 4.79 Å². The average Bonchev–Trinajstić information content (AvgIpc) is 2.85. The van der Waals surface area contributed by atoms with Crippen LogP contribution in [0.25, 0.3) is 6.08 Å². The van der Waals surface area contributed by atoms with E-state index in [1.165, 1.54) is 11.8 Å². The molecule has 0 bridgehead atoms. The van der Waals surface area contributed by atoms with Crippen molar-refractivity contribution in [3.05, 3.63) is 22.6 Å². The van der Waals surface area contributed by atoms with E-state index in [4.69, 9.17) is 26.4 Å². The minimum atomic E-state index is -0.0781. The predicted octanol–water partition coefficient (Wildman–Crippen LogP) is 2.48. The Morgan fingerprint density at radius 3 is 2.24 bits per heavy atom. The zero-order valence-electron chi connectivity index (χ0n) is 15.0. The number of ether oxygens (including phenoxy) is 3. The van der Waals surface area contributed by atoms with E-state index in [1.54, 1.807) is 44.4 Å². The lowest BCUT2D eigenvalue weighted by Crippen LogP contribution is -2.34. The molecule has 0 saturated carbocycles. The summed E-state index contributed by atoms with van der Waals surface area (Å²) in [5, 5.41) is 0. The molecule has 1 aliphatic rings. The van der Waals surface area contributed by atoms with Gasteiger partial charge in [-0.15, -0.1) is 0 Å². The number of nitrogens with zero attached hydrogens (tertiary/aromatic N) is 2. The number of hydrogen-bond acceptors (Lipinski definition) is 7. The van der Waals surface area contributed by atoms with E-state index < -0.39 is 0 Å². The van der Waals surface area contributed by atoms with Gasteiger partial charge in [0.1, 0.15) is 4.32 Å². The molecule has 1 aromatic rings. The highest BCUT2D eigenvalue weighted by atomic mass is 32.2. The minimum Gasteiger partial charge on any atom is -0.493 e. The van der Waals surface area contributed by atoms with Crippen LogP contribution in [0.4, 0.5) is 0 Å². The molecule has 0 aromatic heterocycles. The first-order chi connectivity index (χ1) is 11.9. The maximum Gasteiger partial charge on any atom is 0.266 e. The predicted molar refractivity (Wildman–Crippen MR) is 105 cm³/mol. The maximum atomic E-state index is 12.6. The van der Waals surface area contributed by atoms with Crippen molar-refractivity contribution in [3.63, 3.8) is 0 Å². The van der Waals surface area contributed by atoms with Crippen LogP contribution in [-0.4, -0.2) is 68.5 Å². The van der Waals surface area contributed by atoms with E-state index in [0.29, 0.717) is 33.0 Å². The number of rotatable bonds is 7. The van der Waals surface area contributed by atoms with E-state index in [2.05, 4.69) is 0 Å². The van der Waals surface area contributed by atoms with Gasteiger partial charge in [-0.3, -0.25) is 9.69 Å². The van der Waals surface area contributed by atoms with Crippen LogP contribution in [0.3, 0.4) is 0 Å². The number of thiocarbonyl (C=S) groups is 1. The summed E-state index contributed by atoms with van der Waals surface area (Å²) < 4.78 is 16.6. The lowest BCUT2D eigenvalue weighted by atomic mass is 10.1. The average molecular weight is 383 g/mol.